The maximum absolute atomic E-state index is 16.1. The van der Waals surface area contributed by atoms with E-state index in [1.54, 1.807) is 23.6 Å². The number of fused-ring (bicyclic) bond motifs is 2. The van der Waals surface area contributed by atoms with E-state index in [0.29, 0.717) is 33.9 Å². The Hall–Kier alpha value is -5.29. The van der Waals surface area contributed by atoms with Crippen LogP contribution in [-0.2, 0) is 11.2 Å². The minimum absolute atomic E-state index is 0.0794. The summed E-state index contributed by atoms with van der Waals surface area (Å²) in [5, 5.41) is 10.3. The molecule has 0 aliphatic carbocycles. The monoisotopic (exact) mass is 560 g/mol. The Bertz CT molecular complexity index is 2060. The maximum atomic E-state index is 16.1. The Balaban J connectivity index is 1.24. The summed E-state index contributed by atoms with van der Waals surface area (Å²) in [7, 11) is 0. The molecule has 0 spiro atoms. The van der Waals surface area contributed by atoms with Gasteiger partial charge in [0.05, 0.1) is 40.9 Å². The Kier molecular flexibility index (Phi) is 6.05. The lowest BCUT2D eigenvalue weighted by Gasteiger charge is -2.08. The fraction of sp³-hybridized carbons (Fsp3) is 0.0667. The molecule has 3 N–H and O–H groups in total. The Morgan fingerprint density at radius 3 is 2.73 bits per heavy atom. The summed E-state index contributed by atoms with van der Waals surface area (Å²) in [6.45, 7) is 2.05. The normalized spacial score (nSPS) is 11.4. The second-order valence-corrected chi connectivity index (χ2v) is 10.8. The van der Waals surface area contributed by atoms with Crippen LogP contribution >= 0.6 is 11.3 Å². The van der Waals surface area contributed by atoms with E-state index in [-0.39, 0.29) is 23.4 Å². The van der Waals surface area contributed by atoms with Crippen molar-refractivity contribution in [3.63, 3.8) is 0 Å². The summed E-state index contributed by atoms with van der Waals surface area (Å²) in [5.74, 6) is -0.398. The number of halogens is 1. The third kappa shape index (κ3) is 4.61. The van der Waals surface area contributed by atoms with Crippen molar-refractivity contribution in [3.8, 4) is 33.2 Å². The van der Waals surface area contributed by atoms with Gasteiger partial charge in [0.25, 0.3) is 0 Å². The number of aromatic nitrogens is 7. The van der Waals surface area contributed by atoms with E-state index in [0.717, 1.165) is 21.5 Å². The van der Waals surface area contributed by atoms with Crippen molar-refractivity contribution >= 4 is 45.0 Å². The van der Waals surface area contributed by atoms with Crippen molar-refractivity contribution < 1.29 is 9.18 Å². The standard InChI is InChI=1S/C30H21FN8OS/c1-16-7-8-22(41-16)20-9-10-33-29-27(20)36-30(37-29)28-24-21(38-39-28)15-34-26(25(24)31)18-12-19(14-32-13-18)35-23(40)11-17-5-3-2-4-6-17/h2-10,12-15H,11H2,1H3,(H,35,40)(H,38,39)(H,33,36,37). The van der Waals surface area contributed by atoms with Gasteiger partial charge in [-0.15, -0.1) is 11.3 Å². The molecule has 6 heterocycles. The summed E-state index contributed by atoms with van der Waals surface area (Å²) in [4.78, 5) is 35.7. The molecule has 7 aromatic rings. The second-order valence-electron chi connectivity index (χ2n) is 9.51. The number of anilines is 1. The summed E-state index contributed by atoms with van der Waals surface area (Å²) < 4.78 is 16.1. The lowest BCUT2D eigenvalue weighted by Crippen LogP contribution is -2.14. The zero-order valence-electron chi connectivity index (χ0n) is 21.6. The summed E-state index contributed by atoms with van der Waals surface area (Å²) in [6.07, 6.45) is 6.46. The number of aromatic amines is 2. The highest BCUT2D eigenvalue weighted by atomic mass is 32.1. The third-order valence-electron chi connectivity index (χ3n) is 6.67. The number of hydrogen-bond donors (Lipinski definition) is 3. The fourth-order valence-electron chi connectivity index (χ4n) is 4.78. The number of carbonyl (C=O) groups is 1. The first-order valence-electron chi connectivity index (χ1n) is 12.8. The molecule has 1 aromatic carbocycles. The smallest absolute Gasteiger partial charge is 0.228 e. The predicted octanol–water partition coefficient (Wildman–Crippen LogP) is 6.32. The highest BCUT2D eigenvalue weighted by Crippen LogP contribution is 2.35. The first-order chi connectivity index (χ1) is 20.0. The van der Waals surface area contributed by atoms with Gasteiger partial charge in [0, 0.05) is 33.3 Å². The number of nitrogens with zero attached hydrogens (tertiary/aromatic N) is 5. The van der Waals surface area contributed by atoms with Crippen LogP contribution in [0.2, 0.25) is 0 Å². The highest BCUT2D eigenvalue weighted by Gasteiger charge is 2.22. The van der Waals surface area contributed by atoms with Crippen molar-refractivity contribution in [2.75, 3.05) is 5.32 Å². The number of hydrogen-bond acceptors (Lipinski definition) is 7. The number of thiophene rings is 1. The van der Waals surface area contributed by atoms with E-state index in [9.17, 15) is 4.79 Å². The molecule has 1 amide bonds. The third-order valence-corrected chi connectivity index (χ3v) is 7.70. The first-order valence-corrected chi connectivity index (χ1v) is 13.6. The van der Waals surface area contributed by atoms with Gasteiger partial charge in [0.1, 0.15) is 11.4 Å². The predicted molar refractivity (Wildman–Crippen MR) is 157 cm³/mol. The van der Waals surface area contributed by atoms with E-state index in [2.05, 4.69) is 59.5 Å². The molecule has 0 atom stereocenters. The average Bonchev–Trinajstić information content (AvgIpc) is 3.72. The topological polar surface area (TPSA) is 125 Å². The van der Waals surface area contributed by atoms with Gasteiger partial charge in [0.15, 0.2) is 17.3 Å². The van der Waals surface area contributed by atoms with Crippen LogP contribution in [0, 0.1) is 12.7 Å². The quantitative estimate of drug-likeness (QED) is 0.219. The molecule has 0 aliphatic rings. The Morgan fingerprint density at radius 1 is 1.02 bits per heavy atom. The summed E-state index contributed by atoms with van der Waals surface area (Å²) in [6, 6.07) is 17.1. The lowest BCUT2D eigenvalue weighted by molar-refractivity contribution is -0.115. The second kappa shape index (κ2) is 10.0. The van der Waals surface area contributed by atoms with Crippen LogP contribution < -0.4 is 5.32 Å². The van der Waals surface area contributed by atoms with Crippen molar-refractivity contribution in [2.24, 2.45) is 0 Å². The van der Waals surface area contributed by atoms with Crippen molar-refractivity contribution in [1.82, 2.24) is 35.1 Å². The molecule has 0 bridgehead atoms. The van der Waals surface area contributed by atoms with Crippen LogP contribution in [0.5, 0.6) is 0 Å². The molecule has 0 unspecified atom stereocenters. The van der Waals surface area contributed by atoms with Gasteiger partial charge in [-0.3, -0.25) is 19.9 Å². The number of rotatable bonds is 6. The van der Waals surface area contributed by atoms with Gasteiger partial charge in [-0.2, -0.15) is 5.10 Å². The molecule has 0 radical (unpaired) electrons. The van der Waals surface area contributed by atoms with E-state index < -0.39 is 5.82 Å². The number of nitrogens with one attached hydrogen (secondary N) is 3. The van der Waals surface area contributed by atoms with Crippen molar-refractivity contribution in [1.29, 1.82) is 0 Å². The molecule has 0 saturated heterocycles. The van der Waals surface area contributed by atoms with Gasteiger partial charge in [-0.05, 0) is 36.8 Å². The molecular formula is C30H21FN8OS. The molecular weight excluding hydrogens is 539 g/mol. The molecule has 200 valence electrons. The van der Waals surface area contributed by atoms with Gasteiger partial charge >= 0.3 is 0 Å². The van der Waals surface area contributed by atoms with Crippen LogP contribution in [0.4, 0.5) is 10.1 Å². The molecule has 41 heavy (non-hydrogen) atoms. The number of benzene rings is 1. The van der Waals surface area contributed by atoms with Crippen molar-refractivity contribution in [2.45, 2.75) is 13.3 Å². The number of pyridine rings is 3. The molecule has 0 fully saturated rings. The average molecular weight is 561 g/mol. The van der Waals surface area contributed by atoms with Gasteiger partial charge in [-0.25, -0.2) is 14.4 Å². The Labute approximate surface area is 236 Å². The van der Waals surface area contributed by atoms with Crippen LogP contribution in [0.3, 0.4) is 0 Å². The zero-order chi connectivity index (χ0) is 27.9. The molecule has 6 aromatic heterocycles. The summed E-state index contributed by atoms with van der Waals surface area (Å²) in [5.41, 5.74) is 4.78. The minimum Gasteiger partial charge on any atom is -0.335 e. The largest absolute Gasteiger partial charge is 0.335 e. The van der Waals surface area contributed by atoms with E-state index in [1.807, 2.05) is 36.4 Å². The number of imidazole rings is 1. The molecule has 0 saturated carbocycles. The van der Waals surface area contributed by atoms with Crippen molar-refractivity contribution in [3.05, 3.63) is 95.6 Å². The SMILES string of the molecule is Cc1ccc(-c2ccnc3nc(-c4n[nH]c5cnc(-c6cncc(NC(=O)Cc7ccccc7)c6)c(F)c45)[nH]c23)s1. The van der Waals surface area contributed by atoms with E-state index in [4.69, 9.17) is 0 Å². The molecule has 7 rings (SSSR count). The number of aryl methyl sites for hydroxylation is 1. The van der Waals surface area contributed by atoms with E-state index >= 15 is 4.39 Å². The zero-order valence-corrected chi connectivity index (χ0v) is 22.5. The first kappa shape index (κ1) is 24.7. The Morgan fingerprint density at radius 2 is 1.90 bits per heavy atom. The number of H-pyrrole nitrogens is 2. The maximum Gasteiger partial charge on any atom is 0.228 e. The van der Waals surface area contributed by atoms with Gasteiger partial charge in [0.2, 0.25) is 5.91 Å². The lowest BCUT2D eigenvalue weighted by atomic mass is 10.1. The molecule has 0 aliphatic heterocycles. The number of carbonyl (C=O) groups excluding carboxylic acids is 1. The van der Waals surface area contributed by atoms with Crippen LogP contribution in [0.25, 0.3) is 55.3 Å². The fourth-order valence-corrected chi connectivity index (χ4v) is 5.68. The van der Waals surface area contributed by atoms with Crippen LogP contribution in [0.15, 0.2) is 79.4 Å². The highest BCUT2D eigenvalue weighted by molar-refractivity contribution is 7.15. The molecule has 9 nitrogen and oxygen atoms in total. The number of amides is 1. The van der Waals surface area contributed by atoms with Gasteiger partial charge in [-0.1, -0.05) is 30.3 Å². The minimum atomic E-state index is -0.580. The van der Waals surface area contributed by atoms with Crippen LogP contribution in [0.1, 0.15) is 10.4 Å². The van der Waals surface area contributed by atoms with E-state index in [1.165, 1.54) is 23.5 Å². The van der Waals surface area contributed by atoms with Crippen LogP contribution in [-0.4, -0.2) is 41.0 Å². The molecule has 11 heteroatoms. The summed E-state index contributed by atoms with van der Waals surface area (Å²) >= 11 is 1.67. The van der Waals surface area contributed by atoms with Gasteiger partial charge < -0.3 is 10.3 Å².